The maximum atomic E-state index is 5.42. The molecule has 3 rings (SSSR count). The van der Waals surface area contributed by atoms with Gasteiger partial charge in [-0.05, 0) is 33.5 Å². The minimum absolute atomic E-state index is 0.252. The molecule has 6 nitrogen and oxygen atoms in total. The highest BCUT2D eigenvalue weighted by atomic mass is 16.5. The Morgan fingerprint density at radius 2 is 2.22 bits per heavy atom. The highest BCUT2D eigenvalue weighted by molar-refractivity contribution is 5.01. The van der Waals surface area contributed by atoms with Gasteiger partial charge in [0.1, 0.15) is 0 Å². The predicted molar refractivity (Wildman–Crippen MR) is 67.1 cm³/mol. The topological polar surface area (TPSA) is 57.4 Å². The van der Waals surface area contributed by atoms with Gasteiger partial charge in [0.05, 0.1) is 12.1 Å². The van der Waals surface area contributed by atoms with Crippen LogP contribution in [0.3, 0.4) is 0 Å². The number of hydrogen-bond donors (Lipinski definition) is 1. The Balaban J connectivity index is 1.75. The lowest BCUT2D eigenvalue weighted by atomic mass is 10.2. The van der Waals surface area contributed by atoms with Crippen LogP contribution in [0.15, 0.2) is 4.52 Å². The Hall–Kier alpha value is -0.980. The van der Waals surface area contributed by atoms with E-state index in [1.54, 1.807) is 0 Å². The van der Waals surface area contributed by atoms with Crippen LogP contribution >= 0.6 is 0 Å². The third-order valence-electron chi connectivity index (χ3n) is 3.96. The van der Waals surface area contributed by atoms with E-state index >= 15 is 0 Å². The van der Waals surface area contributed by atoms with E-state index in [0.717, 1.165) is 44.3 Å². The number of piperazine rings is 1. The third kappa shape index (κ3) is 2.28. The van der Waals surface area contributed by atoms with E-state index < -0.39 is 0 Å². The van der Waals surface area contributed by atoms with E-state index in [4.69, 9.17) is 4.52 Å². The summed E-state index contributed by atoms with van der Waals surface area (Å²) >= 11 is 0. The van der Waals surface area contributed by atoms with Crippen molar-refractivity contribution in [2.75, 3.05) is 40.3 Å². The zero-order valence-electron chi connectivity index (χ0n) is 11.1. The molecule has 1 unspecified atom stereocenters. The summed E-state index contributed by atoms with van der Waals surface area (Å²) in [5, 5.41) is 7.56. The molecule has 2 saturated heterocycles. The van der Waals surface area contributed by atoms with E-state index in [1.165, 1.54) is 6.42 Å². The molecule has 0 bridgehead atoms. The Labute approximate surface area is 107 Å². The van der Waals surface area contributed by atoms with Gasteiger partial charge in [0, 0.05) is 19.6 Å². The van der Waals surface area contributed by atoms with Gasteiger partial charge in [-0.25, -0.2) is 0 Å². The molecule has 2 atom stereocenters. The summed E-state index contributed by atoms with van der Waals surface area (Å²) in [6.45, 7) is 4.16. The van der Waals surface area contributed by atoms with E-state index in [1.807, 2.05) is 0 Å². The number of hydrogen-bond acceptors (Lipinski definition) is 6. The number of nitrogens with zero attached hydrogens (tertiary/aromatic N) is 4. The van der Waals surface area contributed by atoms with Gasteiger partial charge in [-0.2, -0.15) is 4.98 Å². The minimum Gasteiger partial charge on any atom is -0.338 e. The fraction of sp³-hybridized carbons (Fsp3) is 0.833. The lowest BCUT2D eigenvalue weighted by Gasteiger charge is -2.35. The van der Waals surface area contributed by atoms with Crippen LogP contribution in [-0.4, -0.2) is 60.2 Å². The van der Waals surface area contributed by atoms with Crippen LogP contribution in [0.5, 0.6) is 0 Å². The zero-order valence-corrected chi connectivity index (χ0v) is 11.1. The average Bonchev–Trinajstić information content (AvgIpc) is 3.00. The summed E-state index contributed by atoms with van der Waals surface area (Å²) < 4.78 is 5.42. The number of rotatable bonds is 2. The van der Waals surface area contributed by atoms with Crippen molar-refractivity contribution in [3.05, 3.63) is 11.7 Å². The van der Waals surface area contributed by atoms with E-state index in [0.29, 0.717) is 0 Å². The maximum absolute atomic E-state index is 5.42. The van der Waals surface area contributed by atoms with Gasteiger partial charge in [0.25, 0.3) is 0 Å². The molecule has 2 aliphatic rings. The summed E-state index contributed by atoms with van der Waals surface area (Å²) in [6.07, 6.45) is 2.29. The molecule has 100 valence electrons. The predicted octanol–water partition coefficient (Wildman–Crippen LogP) is 0.412. The van der Waals surface area contributed by atoms with E-state index in [9.17, 15) is 0 Å². The molecule has 1 aromatic heterocycles. The Morgan fingerprint density at radius 1 is 1.33 bits per heavy atom. The molecule has 0 aromatic carbocycles. The van der Waals surface area contributed by atoms with Gasteiger partial charge in [-0.1, -0.05) is 5.16 Å². The standard InChI is InChI=1S/C12H21N5O/c1-16-6-7-17(2)10(8-16)11-14-12(18-15-11)9-4-3-5-13-9/h9-10,13H,3-8H2,1-2H3/t9-,10?/m1/s1. The first-order valence-corrected chi connectivity index (χ1v) is 6.69. The quantitative estimate of drug-likeness (QED) is 0.822. The molecule has 0 spiro atoms. The van der Waals surface area contributed by atoms with E-state index in [-0.39, 0.29) is 12.1 Å². The first-order valence-electron chi connectivity index (χ1n) is 6.69. The largest absolute Gasteiger partial charge is 0.338 e. The summed E-state index contributed by atoms with van der Waals surface area (Å²) in [5.74, 6) is 1.58. The van der Waals surface area contributed by atoms with Crippen molar-refractivity contribution in [2.45, 2.75) is 24.9 Å². The molecule has 6 heteroatoms. The summed E-state index contributed by atoms with van der Waals surface area (Å²) in [5.41, 5.74) is 0. The van der Waals surface area contributed by atoms with Gasteiger partial charge in [-0.15, -0.1) is 0 Å². The SMILES string of the molecule is CN1CCN(C)C(c2noc([C@H]3CCCN3)n2)C1. The molecular weight excluding hydrogens is 230 g/mol. The molecule has 18 heavy (non-hydrogen) atoms. The molecule has 0 saturated carbocycles. The van der Waals surface area contributed by atoms with Crippen LogP contribution in [0.1, 0.15) is 36.6 Å². The lowest BCUT2D eigenvalue weighted by Crippen LogP contribution is -2.45. The Bertz CT molecular complexity index is 401. The van der Waals surface area contributed by atoms with Gasteiger partial charge < -0.3 is 14.7 Å². The van der Waals surface area contributed by atoms with Gasteiger partial charge in [0.15, 0.2) is 5.82 Å². The molecule has 0 aliphatic carbocycles. The summed E-state index contributed by atoms with van der Waals surface area (Å²) in [4.78, 5) is 9.21. The molecule has 2 fully saturated rings. The zero-order chi connectivity index (χ0) is 12.5. The molecule has 1 N–H and O–H groups in total. The fourth-order valence-electron chi connectivity index (χ4n) is 2.71. The average molecular weight is 251 g/mol. The molecule has 1 aromatic rings. The van der Waals surface area contributed by atoms with Crippen molar-refractivity contribution in [1.82, 2.24) is 25.3 Å². The molecule has 3 heterocycles. The van der Waals surface area contributed by atoms with Crippen molar-refractivity contribution in [3.63, 3.8) is 0 Å². The van der Waals surface area contributed by atoms with Crippen LogP contribution < -0.4 is 5.32 Å². The number of likely N-dealkylation sites (N-methyl/N-ethyl adjacent to an activating group) is 2. The molecular formula is C12H21N5O. The maximum Gasteiger partial charge on any atom is 0.243 e. The first kappa shape index (κ1) is 12.1. The van der Waals surface area contributed by atoms with Crippen molar-refractivity contribution < 1.29 is 4.52 Å². The van der Waals surface area contributed by atoms with Crippen LogP contribution in [0.4, 0.5) is 0 Å². The van der Waals surface area contributed by atoms with Crippen LogP contribution in [0, 0.1) is 0 Å². The van der Waals surface area contributed by atoms with Gasteiger partial charge in [-0.3, -0.25) is 4.90 Å². The normalized spacial score (nSPS) is 31.0. The van der Waals surface area contributed by atoms with Crippen molar-refractivity contribution in [3.8, 4) is 0 Å². The van der Waals surface area contributed by atoms with Gasteiger partial charge >= 0.3 is 0 Å². The first-order chi connectivity index (χ1) is 8.74. The van der Waals surface area contributed by atoms with Crippen molar-refractivity contribution in [2.24, 2.45) is 0 Å². The third-order valence-corrected chi connectivity index (χ3v) is 3.96. The Kier molecular flexibility index (Phi) is 3.32. The van der Waals surface area contributed by atoms with E-state index in [2.05, 4.69) is 39.4 Å². The highest BCUT2D eigenvalue weighted by Crippen LogP contribution is 2.25. The smallest absolute Gasteiger partial charge is 0.243 e. The summed E-state index contributed by atoms with van der Waals surface area (Å²) in [7, 11) is 4.26. The number of nitrogens with one attached hydrogen (secondary N) is 1. The second-order valence-corrected chi connectivity index (χ2v) is 5.40. The molecule has 0 radical (unpaired) electrons. The highest BCUT2D eigenvalue weighted by Gasteiger charge is 2.30. The van der Waals surface area contributed by atoms with Crippen LogP contribution in [-0.2, 0) is 0 Å². The Morgan fingerprint density at radius 3 is 3.00 bits per heavy atom. The number of aromatic nitrogens is 2. The summed E-state index contributed by atoms with van der Waals surface area (Å²) in [6, 6.07) is 0.514. The minimum atomic E-state index is 0.252. The van der Waals surface area contributed by atoms with Gasteiger partial charge in [0.2, 0.25) is 5.89 Å². The van der Waals surface area contributed by atoms with Crippen LogP contribution in [0.25, 0.3) is 0 Å². The monoisotopic (exact) mass is 251 g/mol. The molecule has 0 amide bonds. The second-order valence-electron chi connectivity index (χ2n) is 5.40. The van der Waals surface area contributed by atoms with Crippen molar-refractivity contribution >= 4 is 0 Å². The van der Waals surface area contributed by atoms with Crippen molar-refractivity contribution in [1.29, 1.82) is 0 Å². The molecule has 2 aliphatic heterocycles. The van der Waals surface area contributed by atoms with Crippen LogP contribution in [0.2, 0.25) is 0 Å². The fourth-order valence-corrected chi connectivity index (χ4v) is 2.71. The second kappa shape index (κ2) is 4.95. The lowest BCUT2D eigenvalue weighted by molar-refractivity contribution is 0.108.